The number of H-pyrrole nitrogens is 1. The fraction of sp³-hybridized carbons (Fsp3) is 0.571. The summed E-state index contributed by atoms with van der Waals surface area (Å²) in [7, 11) is 0. The van der Waals surface area contributed by atoms with Crippen molar-refractivity contribution in [3.8, 4) is 0 Å². The third-order valence-electron chi connectivity index (χ3n) is 1.75. The summed E-state index contributed by atoms with van der Waals surface area (Å²) in [6.45, 7) is 2.57. The summed E-state index contributed by atoms with van der Waals surface area (Å²) in [6, 6.07) is 0. The molecule has 0 spiro atoms. The third-order valence-corrected chi connectivity index (χ3v) is 1.75. The van der Waals surface area contributed by atoms with E-state index in [1.165, 1.54) is 0 Å². The highest BCUT2D eigenvalue weighted by molar-refractivity contribution is 5.85. The molecular weight excluding hydrogens is 178 g/mol. The molecule has 4 nitrogen and oxygen atoms in total. The molecule has 1 fully saturated rings. The second-order valence-electron chi connectivity index (χ2n) is 2.54. The molecule has 1 aliphatic rings. The van der Waals surface area contributed by atoms with Crippen LogP contribution >= 0.6 is 12.4 Å². The molecule has 0 amide bonds. The highest BCUT2D eigenvalue weighted by Gasteiger charge is 2.16. The lowest BCUT2D eigenvalue weighted by Crippen LogP contribution is -2.33. The van der Waals surface area contributed by atoms with Gasteiger partial charge in [0, 0.05) is 25.5 Å². The van der Waals surface area contributed by atoms with Gasteiger partial charge < -0.3 is 15.0 Å². The maximum absolute atomic E-state index is 5.47. The second kappa shape index (κ2) is 4.45. The van der Waals surface area contributed by atoms with Crippen molar-refractivity contribution in [1.82, 2.24) is 15.3 Å². The number of hydrogen-bond donors (Lipinski definition) is 2. The van der Waals surface area contributed by atoms with E-state index in [1.807, 2.05) is 6.20 Å². The van der Waals surface area contributed by atoms with E-state index < -0.39 is 0 Å². The molecule has 0 bridgehead atoms. The zero-order valence-electron chi connectivity index (χ0n) is 6.62. The zero-order chi connectivity index (χ0) is 7.52. The van der Waals surface area contributed by atoms with Gasteiger partial charge in [-0.1, -0.05) is 0 Å². The first-order valence-corrected chi connectivity index (χ1v) is 3.78. The molecular formula is C7H12ClN3O. The van der Waals surface area contributed by atoms with Gasteiger partial charge in [0.2, 0.25) is 0 Å². The molecule has 1 saturated heterocycles. The molecule has 2 heterocycles. The number of ether oxygens (including phenoxy) is 1. The van der Waals surface area contributed by atoms with Crippen molar-refractivity contribution in [3.05, 3.63) is 18.2 Å². The average molecular weight is 190 g/mol. The first-order chi connectivity index (χ1) is 5.47. The topological polar surface area (TPSA) is 49.9 Å². The molecule has 0 saturated carbocycles. The van der Waals surface area contributed by atoms with Crippen molar-refractivity contribution in [3.63, 3.8) is 0 Å². The molecule has 2 N–H and O–H groups in total. The molecule has 5 heteroatoms. The Labute approximate surface area is 77.1 Å². The molecule has 1 aromatic heterocycles. The van der Waals surface area contributed by atoms with Crippen molar-refractivity contribution >= 4 is 12.4 Å². The van der Waals surface area contributed by atoms with Crippen LogP contribution in [0, 0.1) is 0 Å². The van der Waals surface area contributed by atoms with Crippen molar-refractivity contribution < 1.29 is 4.74 Å². The van der Waals surface area contributed by atoms with E-state index in [2.05, 4.69) is 15.3 Å². The molecule has 1 unspecified atom stereocenters. The highest BCUT2D eigenvalue weighted by Crippen LogP contribution is 2.12. The van der Waals surface area contributed by atoms with Crippen molar-refractivity contribution in [2.24, 2.45) is 0 Å². The monoisotopic (exact) mass is 189 g/mol. The lowest BCUT2D eigenvalue weighted by Gasteiger charge is -2.21. The number of rotatable bonds is 1. The normalized spacial score (nSPS) is 23.2. The van der Waals surface area contributed by atoms with Gasteiger partial charge in [0.05, 0.1) is 6.61 Å². The van der Waals surface area contributed by atoms with Gasteiger partial charge in [-0.05, 0) is 0 Å². The fourth-order valence-electron chi connectivity index (χ4n) is 1.19. The van der Waals surface area contributed by atoms with E-state index in [1.54, 1.807) is 6.20 Å². The van der Waals surface area contributed by atoms with E-state index in [9.17, 15) is 0 Å². The Balaban J connectivity index is 0.000000720. The Morgan fingerprint density at radius 3 is 3.08 bits per heavy atom. The number of aromatic amines is 1. The van der Waals surface area contributed by atoms with Crippen LogP contribution in [0.15, 0.2) is 12.4 Å². The predicted molar refractivity (Wildman–Crippen MR) is 47.4 cm³/mol. The summed E-state index contributed by atoms with van der Waals surface area (Å²) >= 11 is 0. The minimum absolute atomic E-state index is 0. The number of hydrogen-bond acceptors (Lipinski definition) is 3. The van der Waals surface area contributed by atoms with Crippen molar-refractivity contribution in [2.75, 3.05) is 19.7 Å². The SMILES string of the molecule is Cl.c1c[nH]c(C2CNCCO2)n1. The minimum Gasteiger partial charge on any atom is -0.368 e. The molecule has 2 rings (SSSR count). The van der Waals surface area contributed by atoms with Crippen LogP contribution in [0.25, 0.3) is 0 Å². The lowest BCUT2D eigenvalue weighted by molar-refractivity contribution is 0.0226. The van der Waals surface area contributed by atoms with Crippen LogP contribution in [0.3, 0.4) is 0 Å². The van der Waals surface area contributed by atoms with Gasteiger partial charge in [0.1, 0.15) is 11.9 Å². The second-order valence-corrected chi connectivity index (χ2v) is 2.54. The zero-order valence-corrected chi connectivity index (χ0v) is 7.43. The van der Waals surface area contributed by atoms with Gasteiger partial charge in [-0.25, -0.2) is 4.98 Å². The minimum atomic E-state index is 0. The largest absolute Gasteiger partial charge is 0.368 e. The van der Waals surface area contributed by atoms with Crippen LogP contribution < -0.4 is 5.32 Å². The number of halogens is 1. The highest BCUT2D eigenvalue weighted by atomic mass is 35.5. The third kappa shape index (κ3) is 1.97. The van der Waals surface area contributed by atoms with Crippen LogP contribution in [0.2, 0.25) is 0 Å². The summed E-state index contributed by atoms with van der Waals surface area (Å²) in [6.07, 6.45) is 3.67. The number of nitrogens with zero attached hydrogens (tertiary/aromatic N) is 1. The Kier molecular flexibility index (Phi) is 3.52. The van der Waals surface area contributed by atoms with E-state index >= 15 is 0 Å². The van der Waals surface area contributed by atoms with Gasteiger partial charge in [0.25, 0.3) is 0 Å². The Bertz CT molecular complexity index is 208. The molecule has 1 aromatic rings. The Morgan fingerprint density at radius 1 is 1.58 bits per heavy atom. The average Bonchev–Trinajstić information content (AvgIpc) is 2.58. The molecule has 12 heavy (non-hydrogen) atoms. The van der Waals surface area contributed by atoms with Crippen LogP contribution in [-0.4, -0.2) is 29.7 Å². The Hall–Kier alpha value is -0.580. The van der Waals surface area contributed by atoms with E-state index in [-0.39, 0.29) is 18.5 Å². The molecule has 1 atom stereocenters. The summed E-state index contributed by atoms with van der Waals surface area (Å²) in [4.78, 5) is 7.15. The van der Waals surface area contributed by atoms with Gasteiger partial charge in [-0.3, -0.25) is 0 Å². The fourth-order valence-corrected chi connectivity index (χ4v) is 1.19. The van der Waals surface area contributed by atoms with E-state index in [0.29, 0.717) is 0 Å². The van der Waals surface area contributed by atoms with Crippen LogP contribution in [0.1, 0.15) is 11.9 Å². The standard InChI is InChI=1S/C7H11N3O.ClH/c1-2-10-7(9-1)6-5-8-3-4-11-6;/h1-2,6,8H,3-5H2,(H,9,10);1H. The maximum Gasteiger partial charge on any atom is 0.136 e. The number of morpholine rings is 1. The van der Waals surface area contributed by atoms with Gasteiger partial charge >= 0.3 is 0 Å². The smallest absolute Gasteiger partial charge is 0.136 e. The summed E-state index contributed by atoms with van der Waals surface area (Å²) < 4.78 is 5.47. The molecule has 0 aliphatic carbocycles. The van der Waals surface area contributed by atoms with Crippen LogP contribution in [0.5, 0.6) is 0 Å². The summed E-state index contributed by atoms with van der Waals surface area (Å²) in [5.41, 5.74) is 0. The van der Waals surface area contributed by atoms with Crippen LogP contribution in [0.4, 0.5) is 0 Å². The Morgan fingerprint density at radius 2 is 2.50 bits per heavy atom. The first kappa shape index (κ1) is 9.51. The quantitative estimate of drug-likeness (QED) is 0.676. The van der Waals surface area contributed by atoms with E-state index in [4.69, 9.17) is 4.74 Å². The lowest BCUT2D eigenvalue weighted by atomic mass is 10.3. The molecule has 0 aromatic carbocycles. The predicted octanol–water partition coefficient (Wildman–Crippen LogP) is 0.492. The van der Waals surface area contributed by atoms with Gasteiger partial charge in [0.15, 0.2) is 0 Å². The first-order valence-electron chi connectivity index (χ1n) is 3.78. The molecule has 68 valence electrons. The molecule has 0 radical (unpaired) electrons. The van der Waals surface area contributed by atoms with Gasteiger partial charge in [-0.2, -0.15) is 0 Å². The summed E-state index contributed by atoms with van der Waals surface area (Å²) in [5.74, 6) is 0.914. The molecule has 1 aliphatic heterocycles. The van der Waals surface area contributed by atoms with E-state index in [0.717, 1.165) is 25.5 Å². The van der Waals surface area contributed by atoms with Gasteiger partial charge in [-0.15, -0.1) is 12.4 Å². The number of nitrogens with one attached hydrogen (secondary N) is 2. The van der Waals surface area contributed by atoms with Crippen molar-refractivity contribution in [1.29, 1.82) is 0 Å². The number of imidazole rings is 1. The maximum atomic E-state index is 5.47. The van der Waals surface area contributed by atoms with Crippen molar-refractivity contribution in [2.45, 2.75) is 6.10 Å². The summed E-state index contributed by atoms with van der Waals surface area (Å²) in [5, 5.41) is 3.24. The number of aromatic nitrogens is 2. The van der Waals surface area contributed by atoms with Crippen LogP contribution in [-0.2, 0) is 4.74 Å².